The molecule has 0 atom stereocenters. The molecule has 0 aromatic heterocycles. The van der Waals surface area contributed by atoms with Crippen molar-refractivity contribution in [2.45, 2.75) is 13.5 Å². The average Bonchev–Trinajstić information content (AvgIpc) is 2.62. The Morgan fingerprint density at radius 1 is 1.24 bits per heavy atom. The number of ether oxygens (including phenoxy) is 2. The van der Waals surface area contributed by atoms with Gasteiger partial charge in [0.2, 0.25) is 0 Å². The lowest BCUT2D eigenvalue weighted by Gasteiger charge is -2.11. The molecule has 6 heteroatoms. The molecule has 2 aromatic rings. The number of benzene rings is 2. The molecule has 132 valence electrons. The highest BCUT2D eigenvalue weighted by molar-refractivity contribution is 6.32. The quantitative estimate of drug-likeness (QED) is 0.570. The van der Waals surface area contributed by atoms with E-state index >= 15 is 0 Å². The first-order valence-corrected chi connectivity index (χ1v) is 8.16. The van der Waals surface area contributed by atoms with Crippen molar-refractivity contribution in [1.29, 1.82) is 0 Å². The SMILES string of the molecule is CCOc1c(Cl)cc(/C=C/C(=O)NOCc2ccccc2)cc1OC. The van der Waals surface area contributed by atoms with Gasteiger partial charge >= 0.3 is 0 Å². The van der Waals surface area contributed by atoms with Crippen molar-refractivity contribution >= 4 is 23.6 Å². The van der Waals surface area contributed by atoms with Crippen LogP contribution in [0.15, 0.2) is 48.5 Å². The van der Waals surface area contributed by atoms with E-state index in [9.17, 15) is 4.79 Å². The first kappa shape index (κ1) is 18.8. The number of carbonyl (C=O) groups is 1. The summed E-state index contributed by atoms with van der Waals surface area (Å²) in [5, 5.41) is 0.418. The molecule has 0 spiro atoms. The van der Waals surface area contributed by atoms with E-state index < -0.39 is 0 Å². The summed E-state index contributed by atoms with van der Waals surface area (Å²) in [6, 6.07) is 13.0. The Morgan fingerprint density at radius 2 is 2.00 bits per heavy atom. The molecule has 25 heavy (non-hydrogen) atoms. The summed E-state index contributed by atoms with van der Waals surface area (Å²) in [5.74, 6) is 0.620. The van der Waals surface area contributed by atoms with Crippen molar-refractivity contribution in [3.8, 4) is 11.5 Å². The van der Waals surface area contributed by atoms with Crippen LogP contribution in [0.25, 0.3) is 6.08 Å². The van der Waals surface area contributed by atoms with E-state index in [0.29, 0.717) is 35.3 Å². The van der Waals surface area contributed by atoms with Crippen LogP contribution in [0.3, 0.4) is 0 Å². The van der Waals surface area contributed by atoms with Crippen molar-refractivity contribution in [2.24, 2.45) is 0 Å². The zero-order valence-corrected chi connectivity index (χ0v) is 14.9. The minimum Gasteiger partial charge on any atom is -0.493 e. The van der Waals surface area contributed by atoms with Gasteiger partial charge in [0.15, 0.2) is 11.5 Å². The largest absolute Gasteiger partial charge is 0.493 e. The number of hydrogen-bond donors (Lipinski definition) is 1. The summed E-state index contributed by atoms with van der Waals surface area (Å²) in [6.45, 7) is 2.64. The fraction of sp³-hybridized carbons (Fsp3) is 0.211. The number of amides is 1. The monoisotopic (exact) mass is 361 g/mol. The predicted octanol–water partition coefficient (Wildman–Crippen LogP) is 4.01. The molecule has 0 aliphatic heterocycles. The first-order chi connectivity index (χ1) is 12.1. The molecule has 2 aromatic carbocycles. The van der Waals surface area contributed by atoms with Gasteiger partial charge in [0, 0.05) is 6.08 Å². The Bertz CT molecular complexity index is 732. The third kappa shape index (κ3) is 5.81. The second kappa shape index (κ2) is 9.71. The summed E-state index contributed by atoms with van der Waals surface area (Å²) in [4.78, 5) is 17.0. The number of halogens is 1. The van der Waals surface area contributed by atoms with Crippen molar-refractivity contribution < 1.29 is 19.1 Å². The Kier molecular flexibility index (Phi) is 7.32. The molecule has 1 N–H and O–H groups in total. The molecule has 0 heterocycles. The first-order valence-electron chi connectivity index (χ1n) is 7.78. The standard InChI is InChI=1S/C19H20ClNO4/c1-3-24-19-16(20)11-15(12-17(19)23-2)9-10-18(22)21-25-13-14-7-5-4-6-8-14/h4-12H,3,13H2,1-2H3,(H,21,22)/b10-9+. The fourth-order valence-corrected chi connectivity index (χ4v) is 2.36. The molecule has 0 radical (unpaired) electrons. The Labute approximate surface area is 152 Å². The molecular formula is C19H20ClNO4. The molecule has 1 amide bonds. The lowest BCUT2D eigenvalue weighted by Crippen LogP contribution is -2.21. The zero-order valence-electron chi connectivity index (χ0n) is 14.1. The van der Waals surface area contributed by atoms with Crippen molar-refractivity contribution in [1.82, 2.24) is 5.48 Å². The lowest BCUT2D eigenvalue weighted by atomic mass is 10.2. The fourth-order valence-electron chi connectivity index (χ4n) is 2.09. The van der Waals surface area contributed by atoms with Crippen molar-refractivity contribution in [3.63, 3.8) is 0 Å². The number of hydroxylamine groups is 1. The topological polar surface area (TPSA) is 56.8 Å². The number of methoxy groups -OCH3 is 1. The summed E-state index contributed by atoms with van der Waals surface area (Å²) >= 11 is 6.19. The van der Waals surface area contributed by atoms with Gasteiger partial charge in [0.05, 0.1) is 25.3 Å². The molecule has 0 aliphatic carbocycles. The molecule has 0 saturated heterocycles. The molecular weight excluding hydrogens is 342 g/mol. The van der Waals surface area contributed by atoms with Crippen LogP contribution in [0.2, 0.25) is 5.02 Å². The number of carbonyl (C=O) groups excluding carboxylic acids is 1. The van der Waals surface area contributed by atoms with E-state index in [0.717, 1.165) is 5.56 Å². The van der Waals surface area contributed by atoms with Crippen LogP contribution in [0.4, 0.5) is 0 Å². The third-order valence-electron chi connectivity index (χ3n) is 3.22. The van der Waals surface area contributed by atoms with Crippen LogP contribution in [0.1, 0.15) is 18.1 Å². The minimum atomic E-state index is -0.375. The van der Waals surface area contributed by atoms with Gasteiger partial charge in [0.1, 0.15) is 0 Å². The van der Waals surface area contributed by atoms with Gasteiger partial charge in [-0.1, -0.05) is 41.9 Å². The molecule has 0 aliphatic rings. The molecule has 0 fully saturated rings. The van der Waals surface area contributed by atoms with Gasteiger partial charge in [-0.25, -0.2) is 5.48 Å². The predicted molar refractivity (Wildman–Crippen MR) is 97.6 cm³/mol. The van der Waals surface area contributed by atoms with Gasteiger partial charge in [-0.05, 0) is 36.3 Å². The maximum Gasteiger partial charge on any atom is 0.267 e. The minimum absolute atomic E-state index is 0.295. The van der Waals surface area contributed by atoms with Crippen LogP contribution < -0.4 is 15.0 Å². The summed E-state index contributed by atoms with van der Waals surface area (Å²) in [7, 11) is 1.53. The zero-order chi connectivity index (χ0) is 18.1. The number of hydrogen-bond acceptors (Lipinski definition) is 4. The second-order valence-corrected chi connectivity index (χ2v) is 5.45. The smallest absolute Gasteiger partial charge is 0.267 e. The van der Waals surface area contributed by atoms with Gasteiger partial charge in [0.25, 0.3) is 5.91 Å². The maximum absolute atomic E-state index is 11.8. The molecule has 0 bridgehead atoms. The van der Waals surface area contributed by atoms with E-state index in [1.807, 2.05) is 37.3 Å². The molecule has 2 rings (SSSR count). The highest BCUT2D eigenvalue weighted by Gasteiger charge is 2.10. The highest BCUT2D eigenvalue weighted by atomic mass is 35.5. The highest BCUT2D eigenvalue weighted by Crippen LogP contribution is 2.36. The third-order valence-corrected chi connectivity index (χ3v) is 3.50. The Hall–Kier alpha value is -2.50. The van der Waals surface area contributed by atoms with E-state index in [-0.39, 0.29) is 5.91 Å². The van der Waals surface area contributed by atoms with Crippen LogP contribution >= 0.6 is 11.6 Å². The molecule has 0 saturated carbocycles. The summed E-state index contributed by atoms with van der Waals surface area (Å²) in [5.41, 5.74) is 4.04. The van der Waals surface area contributed by atoms with E-state index in [1.165, 1.54) is 13.2 Å². The van der Waals surface area contributed by atoms with Gasteiger partial charge < -0.3 is 9.47 Å². The average molecular weight is 362 g/mol. The van der Waals surface area contributed by atoms with E-state index in [4.69, 9.17) is 25.9 Å². The number of nitrogens with one attached hydrogen (secondary N) is 1. The number of rotatable bonds is 8. The molecule has 5 nitrogen and oxygen atoms in total. The van der Waals surface area contributed by atoms with E-state index in [1.54, 1.807) is 18.2 Å². The second-order valence-electron chi connectivity index (χ2n) is 5.04. The van der Waals surface area contributed by atoms with E-state index in [2.05, 4.69) is 5.48 Å². The lowest BCUT2D eigenvalue weighted by molar-refractivity contribution is -0.129. The van der Waals surface area contributed by atoms with Gasteiger partial charge in [-0.2, -0.15) is 0 Å². The summed E-state index contributed by atoms with van der Waals surface area (Å²) in [6.07, 6.45) is 2.97. The Morgan fingerprint density at radius 3 is 2.68 bits per heavy atom. The van der Waals surface area contributed by atoms with Crippen LogP contribution in [0, 0.1) is 0 Å². The van der Waals surface area contributed by atoms with Crippen molar-refractivity contribution in [3.05, 3.63) is 64.7 Å². The summed E-state index contributed by atoms with van der Waals surface area (Å²) < 4.78 is 10.7. The van der Waals surface area contributed by atoms with Crippen LogP contribution in [-0.2, 0) is 16.2 Å². The maximum atomic E-state index is 11.8. The Balaban J connectivity index is 1.94. The van der Waals surface area contributed by atoms with Gasteiger partial charge in [-0.15, -0.1) is 0 Å². The van der Waals surface area contributed by atoms with Crippen molar-refractivity contribution in [2.75, 3.05) is 13.7 Å². The van der Waals surface area contributed by atoms with Gasteiger partial charge in [-0.3, -0.25) is 9.63 Å². The normalized spacial score (nSPS) is 10.7. The van der Waals surface area contributed by atoms with Crippen LogP contribution in [-0.4, -0.2) is 19.6 Å². The molecule has 0 unspecified atom stereocenters. The van der Waals surface area contributed by atoms with Crippen LogP contribution in [0.5, 0.6) is 11.5 Å².